The molecule has 1 aromatic rings. The zero-order valence-corrected chi connectivity index (χ0v) is 18.8. The van der Waals surface area contributed by atoms with E-state index in [0.717, 1.165) is 56.8 Å². The summed E-state index contributed by atoms with van der Waals surface area (Å²) in [5, 5.41) is 0.674. The Bertz CT molecular complexity index is 874. The van der Waals surface area contributed by atoms with Crippen molar-refractivity contribution in [3.05, 3.63) is 58.7 Å². The Morgan fingerprint density at radius 3 is 2.53 bits per heavy atom. The molecule has 2 aliphatic carbocycles. The van der Waals surface area contributed by atoms with Crippen molar-refractivity contribution in [1.29, 1.82) is 0 Å². The number of ketones is 1. The lowest BCUT2D eigenvalue weighted by Crippen LogP contribution is -2.49. The molecule has 1 saturated heterocycles. The maximum Gasteiger partial charge on any atom is 0.416 e. The van der Waals surface area contributed by atoms with Crippen LogP contribution in [-0.4, -0.2) is 49.2 Å². The number of carbonyl (C=O) groups is 1. The highest BCUT2D eigenvalue weighted by Gasteiger charge is 2.45. The van der Waals surface area contributed by atoms with Gasteiger partial charge in [-0.15, -0.1) is 0 Å². The van der Waals surface area contributed by atoms with Crippen molar-refractivity contribution in [3.8, 4) is 0 Å². The number of ether oxygens (including phenoxy) is 1. The molecule has 0 spiro atoms. The van der Waals surface area contributed by atoms with Crippen LogP contribution in [0.4, 0.5) is 13.2 Å². The Labute approximate surface area is 192 Å². The number of likely N-dealkylation sites (tertiary alicyclic amines) is 1. The van der Waals surface area contributed by atoms with Crippen LogP contribution in [0.1, 0.15) is 44.1 Å². The Morgan fingerprint density at radius 1 is 1.19 bits per heavy atom. The quantitative estimate of drug-likeness (QED) is 0.501. The molecule has 1 saturated carbocycles. The smallest absolute Gasteiger partial charge is 0.373 e. The molecule has 0 radical (unpaired) electrons. The molecule has 0 bridgehead atoms. The van der Waals surface area contributed by atoms with Crippen LogP contribution in [0.3, 0.4) is 0 Å². The van der Waals surface area contributed by atoms with Crippen LogP contribution in [0.2, 0.25) is 5.02 Å². The molecule has 174 valence electrons. The first kappa shape index (κ1) is 23.5. The second kappa shape index (κ2) is 9.70. The summed E-state index contributed by atoms with van der Waals surface area (Å²) in [6.45, 7) is 2.60. The molecule has 32 heavy (non-hydrogen) atoms. The zero-order valence-electron chi connectivity index (χ0n) is 18.0. The highest BCUT2D eigenvalue weighted by Crippen LogP contribution is 2.45. The number of allylic oxidation sites excluding steroid dienone is 2. The van der Waals surface area contributed by atoms with Gasteiger partial charge in [0.1, 0.15) is 0 Å². The third kappa shape index (κ3) is 5.29. The standard InChI is InChI=1S/C25H29ClF3NO2/c26-21-8-4-19(5-9-21)24(12-2-13-24)23(31)16-30-14-1-3-18(15-30)17-32-22-10-6-20(7-11-22)25(27,28)29/h4-10,18,22H,1-3,11-17H2. The Hall–Kier alpha value is -1.63. The van der Waals surface area contributed by atoms with Gasteiger partial charge in [-0.25, -0.2) is 0 Å². The number of Topliss-reactive ketones (excluding diaryl/α,β-unsaturated/α-hetero) is 1. The number of nitrogens with zero attached hydrogens (tertiary/aromatic N) is 1. The molecule has 1 aromatic carbocycles. The molecular weight excluding hydrogens is 439 g/mol. The van der Waals surface area contributed by atoms with E-state index < -0.39 is 11.7 Å². The van der Waals surface area contributed by atoms with Crippen LogP contribution in [-0.2, 0) is 14.9 Å². The fourth-order valence-electron chi connectivity index (χ4n) is 5.01. The SMILES string of the molecule is O=C(CN1CCCC(COC2C=CC(C(F)(F)F)=CC2)C1)C1(c2ccc(Cl)cc2)CCC1. The molecule has 1 heterocycles. The van der Waals surface area contributed by atoms with Crippen molar-refractivity contribution in [1.82, 2.24) is 4.90 Å². The molecule has 3 nitrogen and oxygen atoms in total. The number of halogens is 4. The second-order valence-corrected chi connectivity index (χ2v) is 9.67. The number of piperidine rings is 1. The number of alkyl halides is 3. The lowest BCUT2D eigenvalue weighted by molar-refractivity contribution is -0.129. The first-order chi connectivity index (χ1) is 15.3. The molecule has 7 heteroatoms. The first-order valence-corrected chi connectivity index (χ1v) is 11.7. The summed E-state index contributed by atoms with van der Waals surface area (Å²) in [7, 11) is 0. The molecule has 2 atom stereocenters. The minimum atomic E-state index is -4.30. The highest BCUT2D eigenvalue weighted by atomic mass is 35.5. The van der Waals surface area contributed by atoms with Gasteiger partial charge in [0.2, 0.25) is 0 Å². The summed E-state index contributed by atoms with van der Waals surface area (Å²) in [4.78, 5) is 15.5. The van der Waals surface area contributed by atoms with Crippen molar-refractivity contribution in [2.24, 2.45) is 5.92 Å². The summed E-state index contributed by atoms with van der Waals surface area (Å²) in [5.41, 5.74) is 0.0689. The number of hydrogen-bond acceptors (Lipinski definition) is 3. The van der Waals surface area contributed by atoms with E-state index in [9.17, 15) is 18.0 Å². The van der Waals surface area contributed by atoms with Crippen LogP contribution in [0.5, 0.6) is 0 Å². The number of benzene rings is 1. The van der Waals surface area contributed by atoms with E-state index in [-0.39, 0.29) is 29.6 Å². The summed E-state index contributed by atoms with van der Waals surface area (Å²) >= 11 is 6.02. The molecule has 3 aliphatic rings. The van der Waals surface area contributed by atoms with Gasteiger partial charge in [-0.05, 0) is 62.3 Å². The lowest BCUT2D eigenvalue weighted by Gasteiger charge is -2.43. The summed E-state index contributed by atoms with van der Waals surface area (Å²) < 4.78 is 44.1. The van der Waals surface area contributed by atoms with Crippen LogP contribution < -0.4 is 0 Å². The molecule has 2 fully saturated rings. The summed E-state index contributed by atoms with van der Waals surface area (Å²) in [5.74, 6) is 0.554. The molecule has 4 rings (SSSR count). The molecule has 0 aromatic heterocycles. The van der Waals surface area contributed by atoms with Gasteiger partial charge in [-0.1, -0.05) is 48.4 Å². The Balaban J connectivity index is 1.28. The molecule has 0 N–H and O–H groups in total. The van der Waals surface area contributed by atoms with Gasteiger partial charge in [0.25, 0.3) is 0 Å². The summed E-state index contributed by atoms with van der Waals surface area (Å²) in [6.07, 6.45) is 4.25. The fraction of sp³-hybridized carbons (Fsp3) is 0.560. The van der Waals surface area contributed by atoms with Gasteiger partial charge in [0, 0.05) is 11.6 Å². The minimum Gasteiger partial charge on any atom is -0.373 e. The van der Waals surface area contributed by atoms with Crippen molar-refractivity contribution in [3.63, 3.8) is 0 Å². The average molecular weight is 468 g/mol. The van der Waals surface area contributed by atoms with E-state index in [1.165, 1.54) is 12.2 Å². The predicted molar refractivity (Wildman–Crippen MR) is 119 cm³/mol. The van der Waals surface area contributed by atoms with E-state index in [4.69, 9.17) is 16.3 Å². The number of carbonyl (C=O) groups excluding carboxylic acids is 1. The van der Waals surface area contributed by atoms with Crippen LogP contribution in [0.15, 0.2) is 48.1 Å². The Morgan fingerprint density at radius 2 is 1.94 bits per heavy atom. The topological polar surface area (TPSA) is 29.5 Å². The second-order valence-electron chi connectivity index (χ2n) is 9.23. The molecule has 2 unspecified atom stereocenters. The maximum atomic E-state index is 13.3. The van der Waals surface area contributed by atoms with Gasteiger partial charge in [-0.2, -0.15) is 13.2 Å². The first-order valence-electron chi connectivity index (χ1n) is 11.4. The summed E-state index contributed by atoms with van der Waals surface area (Å²) in [6, 6.07) is 7.65. The van der Waals surface area contributed by atoms with Crippen molar-refractivity contribution < 1.29 is 22.7 Å². The predicted octanol–water partition coefficient (Wildman–Crippen LogP) is 5.88. The van der Waals surface area contributed by atoms with E-state index >= 15 is 0 Å². The number of hydrogen-bond donors (Lipinski definition) is 0. The molecule has 1 aliphatic heterocycles. The lowest BCUT2D eigenvalue weighted by atomic mass is 9.62. The zero-order chi connectivity index (χ0) is 22.8. The largest absolute Gasteiger partial charge is 0.416 e. The van der Waals surface area contributed by atoms with E-state index in [0.29, 0.717) is 18.2 Å². The van der Waals surface area contributed by atoms with Crippen LogP contribution >= 0.6 is 11.6 Å². The normalized spacial score (nSPS) is 25.8. The highest BCUT2D eigenvalue weighted by molar-refractivity contribution is 6.30. The van der Waals surface area contributed by atoms with Gasteiger partial charge < -0.3 is 4.74 Å². The van der Waals surface area contributed by atoms with Crippen molar-refractivity contribution >= 4 is 17.4 Å². The third-order valence-electron chi connectivity index (χ3n) is 7.04. The number of rotatable bonds is 7. The van der Waals surface area contributed by atoms with E-state index in [1.54, 1.807) is 0 Å². The fourth-order valence-corrected chi connectivity index (χ4v) is 5.13. The van der Waals surface area contributed by atoms with Crippen molar-refractivity contribution in [2.75, 3.05) is 26.2 Å². The monoisotopic (exact) mass is 467 g/mol. The Kier molecular flexibility index (Phi) is 7.13. The maximum absolute atomic E-state index is 13.3. The van der Waals surface area contributed by atoms with Gasteiger partial charge in [-0.3, -0.25) is 9.69 Å². The third-order valence-corrected chi connectivity index (χ3v) is 7.29. The van der Waals surface area contributed by atoms with Crippen LogP contribution in [0, 0.1) is 5.92 Å². The van der Waals surface area contributed by atoms with Crippen molar-refractivity contribution in [2.45, 2.75) is 56.2 Å². The van der Waals surface area contributed by atoms with E-state index in [2.05, 4.69) is 4.90 Å². The average Bonchev–Trinajstić information content (AvgIpc) is 2.73. The van der Waals surface area contributed by atoms with Gasteiger partial charge in [0.15, 0.2) is 5.78 Å². The van der Waals surface area contributed by atoms with E-state index in [1.807, 2.05) is 24.3 Å². The van der Waals surface area contributed by atoms with Gasteiger partial charge in [0.05, 0.1) is 30.2 Å². The molecular formula is C25H29ClF3NO2. The van der Waals surface area contributed by atoms with Crippen LogP contribution in [0.25, 0.3) is 0 Å². The van der Waals surface area contributed by atoms with Gasteiger partial charge >= 0.3 is 6.18 Å². The molecule has 0 amide bonds. The minimum absolute atomic E-state index is 0.240.